The van der Waals surface area contributed by atoms with Crippen LogP contribution in [0.15, 0.2) is 59.5 Å². The van der Waals surface area contributed by atoms with Gasteiger partial charge in [-0.3, -0.25) is 0 Å². The van der Waals surface area contributed by atoms with Gasteiger partial charge in [-0.05, 0) is 0 Å². The molecule has 10 aliphatic heterocycles. The molecular weight excluding hydrogens is 392 g/mol. The molecule has 3 heteroatoms. The quantitative estimate of drug-likeness (QED) is 0.375. The van der Waals surface area contributed by atoms with E-state index in [0.29, 0.717) is 0 Å². The summed E-state index contributed by atoms with van der Waals surface area (Å²) >= 11 is 2.25. The second-order valence-corrected chi connectivity index (χ2v) is 38.1. The van der Waals surface area contributed by atoms with Crippen LogP contribution in [0.25, 0.3) is 0 Å². The molecule has 2 aromatic carbocycles. The fourth-order valence-electron chi connectivity index (χ4n) is 18.9. The average Bonchev–Trinajstić information content (AvgIpc) is 3.66. The molecule has 0 aliphatic carbocycles. The summed E-state index contributed by atoms with van der Waals surface area (Å²) in [6.07, 6.45) is 0. The van der Waals surface area contributed by atoms with E-state index in [-0.39, 0.29) is 0 Å². The topological polar surface area (TPSA) is 9.23 Å². The zero-order chi connectivity index (χ0) is 17.1. The number of hydrogen-bond donors (Lipinski definition) is 0. The van der Waals surface area contributed by atoms with Crippen LogP contribution in [0, 0.1) is 0 Å². The van der Waals surface area contributed by atoms with E-state index in [4.69, 9.17) is 4.74 Å². The van der Waals surface area contributed by atoms with Crippen molar-refractivity contribution in [2.75, 3.05) is 7.11 Å². The number of methoxy groups -OCH3 is 1. The van der Waals surface area contributed by atoms with Crippen molar-refractivity contribution in [3.8, 4) is 5.75 Å². The zero-order valence-electron chi connectivity index (χ0n) is 15.1. The van der Waals surface area contributed by atoms with E-state index in [1.54, 1.807) is 12.7 Å². The van der Waals surface area contributed by atoms with Crippen LogP contribution in [0.4, 0.5) is 0 Å². The van der Waals surface area contributed by atoms with Crippen molar-refractivity contribution in [3.63, 3.8) is 0 Å². The zero-order valence-corrected chi connectivity index (χ0v) is 17.1. The molecule has 0 aromatic heterocycles. The van der Waals surface area contributed by atoms with Crippen molar-refractivity contribution in [1.82, 2.24) is 0 Å². The molecule has 27 heavy (non-hydrogen) atoms. The van der Waals surface area contributed by atoms with Gasteiger partial charge in [-0.15, -0.1) is 0 Å². The van der Waals surface area contributed by atoms with Crippen molar-refractivity contribution in [2.24, 2.45) is 0 Å². The summed E-state index contributed by atoms with van der Waals surface area (Å²) < 4.78 is 6.36. The van der Waals surface area contributed by atoms with Crippen molar-refractivity contribution >= 4 is 11.8 Å². The Labute approximate surface area is 153 Å². The van der Waals surface area contributed by atoms with E-state index in [2.05, 4.69) is 66.4 Å². The van der Waals surface area contributed by atoms with E-state index < -0.39 is 6.51 Å². The number of rotatable bonds is 5. The van der Waals surface area contributed by atoms with E-state index in [1.165, 1.54) is 48.2 Å². The Hall–Kier alpha value is -0.891. The molecular formula is C24H22FeOS. The third-order valence-electron chi connectivity index (χ3n) is 17.6. The van der Waals surface area contributed by atoms with E-state index in [1.807, 2.05) is 0 Å². The molecule has 10 aliphatic rings. The van der Waals surface area contributed by atoms with Crippen LogP contribution in [0.1, 0.15) is 10.8 Å². The van der Waals surface area contributed by atoms with Crippen molar-refractivity contribution in [1.29, 1.82) is 0 Å². The molecule has 5 unspecified atom stereocenters. The summed E-state index contributed by atoms with van der Waals surface area (Å²) in [5.74, 6) is 1.01. The Bertz CT molecular complexity index is 1440. The molecule has 138 valence electrons. The van der Waals surface area contributed by atoms with Crippen LogP contribution in [0.2, 0.25) is 47.7 Å². The van der Waals surface area contributed by atoms with Crippen LogP contribution in [-0.2, 0) is 6.51 Å². The Morgan fingerprint density at radius 1 is 0.815 bits per heavy atom. The minimum absolute atomic E-state index is 0.750. The van der Waals surface area contributed by atoms with Crippen LogP contribution < -0.4 is 4.74 Å². The Kier molecular flexibility index (Phi) is 0.645. The predicted octanol–water partition coefficient (Wildman–Crippen LogP) is 7.29. The van der Waals surface area contributed by atoms with Gasteiger partial charge in [-0.1, -0.05) is 0 Å². The van der Waals surface area contributed by atoms with Gasteiger partial charge in [-0.2, -0.15) is 0 Å². The molecule has 1 nitrogen and oxygen atoms in total. The minimum atomic E-state index is -3.13. The summed E-state index contributed by atoms with van der Waals surface area (Å²) in [7, 11) is 1.79. The molecule has 10 saturated heterocycles. The molecule has 1 spiro atoms. The number of hydrogen-bond acceptors (Lipinski definition) is 2. The SMILES string of the molecule is COc1ccc(C(Sc2ccccc2)[C]23[CH]4[CH]5[CH]6[CH]2[Fe]56432789[CH]3[CH]2[CH]7[CH]8[CH]39)cc1. The molecule has 0 saturated carbocycles. The van der Waals surface area contributed by atoms with E-state index >= 15 is 0 Å². The molecule has 0 radical (unpaired) electrons. The molecule has 10 fully saturated rings. The van der Waals surface area contributed by atoms with Crippen molar-refractivity contribution in [3.05, 3.63) is 60.2 Å². The van der Waals surface area contributed by atoms with Gasteiger partial charge in [0.2, 0.25) is 0 Å². The second kappa shape index (κ2) is 1.46. The molecule has 0 amide bonds. The summed E-state index contributed by atoms with van der Waals surface area (Å²) in [4.78, 5) is 14.0. The van der Waals surface area contributed by atoms with Crippen LogP contribution in [0.3, 0.4) is 0 Å². The molecule has 0 N–H and O–H groups in total. The monoisotopic (exact) mass is 414 g/mol. The van der Waals surface area contributed by atoms with Gasteiger partial charge in [0, 0.05) is 0 Å². The van der Waals surface area contributed by atoms with Gasteiger partial charge in [0.1, 0.15) is 0 Å². The van der Waals surface area contributed by atoms with Crippen LogP contribution >= 0.6 is 11.8 Å². The fraction of sp³-hybridized carbons (Fsp3) is 0.500. The van der Waals surface area contributed by atoms with Gasteiger partial charge in [0.25, 0.3) is 0 Å². The Balaban J connectivity index is 1.16. The van der Waals surface area contributed by atoms with Gasteiger partial charge < -0.3 is 0 Å². The number of ether oxygens (including phenoxy) is 1. The van der Waals surface area contributed by atoms with Crippen LogP contribution in [0.5, 0.6) is 5.75 Å². The number of fused-ring (bicyclic) bond motifs is 10. The first-order valence-corrected chi connectivity index (χ1v) is 17.8. The second-order valence-electron chi connectivity index (χ2n) is 13.3. The Morgan fingerprint density at radius 3 is 1.85 bits per heavy atom. The normalized spacial score (nSPS) is 80.3. The van der Waals surface area contributed by atoms with Gasteiger partial charge >= 0.3 is 154 Å². The number of thioether (sulfide) groups is 1. The van der Waals surface area contributed by atoms with Gasteiger partial charge in [-0.25, -0.2) is 0 Å². The maximum atomic E-state index is 5.48. The standard InChI is InChI=1S/C19H17OS.C5H5.Fe/c1-20-17-13-11-16(12-14-17)19(15-7-5-6-8-15)21-18-9-3-2-4-10-18;1-2-4-5-3-1;/h2-14,19H,1H3;1-5H;. The summed E-state index contributed by atoms with van der Waals surface area (Å²) in [5, 5.41) is 0.750. The third kappa shape index (κ3) is 0.221. The van der Waals surface area contributed by atoms with Gasteiger partial charge in [0.05, 0.1) is 0 Å². The predicted molar refractivity (Wildman–Crippen MR) is 104 cm³/mol. The molecule has 5 atom stereocenters. The summed E-state index contributed by atoms with van der Waals surface area (Å²) in [6.45, 7) is -3.13. The third-order valence-corrected chi connectivity index (χ3v) is 61.9. The summed E-state index contributed by atoms with van der Waals surface area (Å²) in [5.41, 5.74) is 1.62. The average molecular weight is 414 g/mol. The van der Waals surface area contributed by atoms with Gasteiger partial charge in [0.15, 0.2) is 0 Å². The molecule has 0 bridgehead atoms. The first-order valence-electron chi connectivity index (χ1n) is 10.6. The van der Waals surface area contributed by atoms with Crippen molar-refractivity contribution in [2.45, 2.75) is 57.8 Å². The molecule has 10 heterocycles. The van der Waals surface area contributed by atoms with Crippen LogP contribution in [-0.4, -0.2) is 7.11 Å². The Morgan fingerprint density at radius 2 is 1.41 bits per heavy atom. The first kappa shape index (κ1) is 12.0. The summed E-state index contributed by atoms with van der Waals surface area (Å²) in [6, 6.07) is 20.6. The maximum absolute atomic E-state index is 5.48. The van der Waals surface area contributed by atoms with Crippen molar-refractivity contribution < 1.29 is 11.2 Å². The number of benzene rings is 2. The molecule has 2 aromatic rings. The fourth-order valence-corrected chi connectivity index (χ4v) is 97.1. The van der Waals surface area contributed by atoms with E-state index in [9.17, 15) is 0 Å². The first-order chi connectivity index (χ1) is 13.0. The molecule has 12 rings (SSSR count). The van der Waals surface area contributed by atoms with E-state index in [0.717, 1.165) is 15.3 Å².